The van der Waals surface area contributed by atoms with E-state index in [9.17, 15) is 9.59 Å². The Balaban J connectivity index is 2.17. The van der Waals surface area contributed by atoms with Crippen LogP contribution in [-0.2, 0) is 9.59 Å². The zero-order valence-electron chi connectivity index (χ0n) is 13.4. The summed E-state index contributed by atoms with van der Waals surface area (Å²) in [5.74, 6) is -0.608. The summed E-state index contributed by atoms with van der Waals surface area (Å²) in [5.41, 5.74) is 1.33. The number of anilines is 1. The molecule has 0 aliphatic heterocycles. The standard InChI is InChI=1S/C16H17Cl2N3O2S/c1-8(2)14(19-9(3)22)15(23)21-16-20-13(7-24-16)11-6-10(17)4-5-12(11)18/h4-8,14H,1-3H3,(H,19,22)(H,20,21,23). The predicted molar refractivity (Wildman–Crippen MR) is 98.6 cm³/mol. The van der Waals surface area contributed by atoms with Gasteiger partial charge in [-0.1, -0.05) is 37.0 Å². The van der Waals surface area contributed by atoms with Gasteiger partial charge in [0.2, 0.25) is 11.8 Å². The van der Waals surface area contributed by atoms with Crippen LogP contribution in [0.1, 0.15) is 20.8 Å². The van der Waals surface area contributed by atoms with Crippen molar-refractivity contribution in [2.75, 3.05) is 5.32 Å². The zero-order chi connectivity index (χ0) is 17.9. The summed E-state index contributed by atoms with van der Waals surface area (Å²) in [6, 6.07) is 4.49. The summed E-state index contributed by atoms with van der Waals surface area (Å²) >= 11 is 13.4. The SMILES string of the molecule is CC(=O)NC(C(=O)Nc1nc(-c2cc(Cl)ccc2Cl)cs1)C(C)C. The van der Waals surface area contributed by atoms with Gasteiger partial charge in [-0.3, -0.25) is 9.59 Å². The molecule has 0 aliphatic rings. The molecule has 0 radical (unpaired) electrons. The molecular weight excluding hydrogens is 369 g/mol. The van der Waals surface area contributed by atoms with Gasteiger partial charge in [0.15, 0.2) is 5.13 Å². The van der Waals surface area contributed by atoms with Gasteiger partial charge in [0.05, 0.1) is 10.7 Å². The Bertz CT molecular complexity index is 762. The van der Waals surface area contributed by atoms with Gasteiger partial charge in [-0.25, -0.2) is 4.98 Å². The van der Waals surface area contributed by atoms with Gasteiger partial charge in [-0.15, -0.1) is 11.3 Å². The van der Waals surface area contributed by atoms with Crippen LogP contribution in [0.15, 0.2) is 23.6 Å². The number of benzene rings is 1. The monoisotopic (exact) mass is 385 g/mol. The van der Waals surface area contributed by atoms with Crippen LogP contribution in [0.5, 0.6) is 0 Å². The Labute approximate surface area is 154 Å². The lowest BCUT2D eigenvalue weighted by molar-refractivity contribution is -0.126. The molecule has 2 amide bonds. The smallest absolute Gasteiger partial charge is 0.248 e. The van der Waals surface area contributed by atoms with Gasteiger partial charge in [-0.2, -0.15) is 0 Å². The quantitative estimate of drug-likeness (QED) is 0.809. The number of hydrogen-bond donors (Lipinski definition) is 2. The molecule has 5 nitrogen and oxygen atoms in total. The van der Waals surface area contributed by atoms with Crippen LogP contribution in [0.2, 0.25) is 10.0 Å². The minimum absolute atomic E-state index is 0.0456. The van der Waals surface area contributed by atoms with Crippen LogP contribution in [0.25, 0.3) is 11.3 Å². The van der Waals surface area contributed by atoms with Gasteiger partial charge in [0, 0.05) is 22.9 Å². The minimum Gasteiger partial charge on any atom is -0.344 e. The van der Waals surface area contributed by atoms with Gasteiger partial charge in [-0.05, 0) is 24.1 Å². The molecule has 0 bridgehead atoms. The molecule has 0 saturated carbocycles. The zero-order valence-corrected chi connectivity index (χ0v) is 15.7. The highest BCUT2D eigenvalue weighted by molar-refractivity contribution is 7.14. The average Bonchev–Trinajstić information content (AvgIpc) is 2.95. The molecule has 2 N–H and O–H groups in total. The van der Waals surface area contributed by atoms with Crippen molar-refractivity contribution in [2.24, 2.45) is 5.92 Å². The molecule has 0 aliphatic carbocycles. The van der Waals surface area contributed by atoms with E-state index in [0.29, 0.717) is 26.4 Å². The molecule has 1 aromatic heterocycles. The van der Waals surface area contributed by atoms with Crippen molar-refractivity contribution in [2.45, 2.75) is 26.8 Å². The van der Waals surface area contributed by atoms with E-state index < -0.39 is 6.04 Å². The third-order valence-corrected chi connectivity index (χ3v) is 4.57. The summed E-state index contributed by atoms with van der Waals surface area (Å²) in [6.07, 6.45) is 0. The van der Waals surface area contributed by atoms with Crippen molar-refractivity contribution in [3.63, 3.8) is 0 Å². The van der Waals surface area contributed by atoms with E-state index in [0.717, 1.165) is 0 Å². The second kappa shape index (κ2) is 7.96. The fourth-order valence-electron chi connectivity index (χ4n) is 2.09. The summed E-state index contributed by atoms with van der Waals surface area (Å²) in [5, 5.41) is 8.68. The van der Waals surface area contributed by atoms with Crippen molar-refractivity contribution in [3.8, 4) is 11.3 Å². The molecule has 128 valence electrons. The second-order valence-electron chi connectivity index (χ2n) is 5.57. The molecule has 24 heavy (non-hydrogen) atoms. The topological polar surface area (TPSA) is 71.1 Å². The summed E-state index contributed by atoms with van der Waals surface area (Å²) in [4.78, 5) is 28.0. The largest absolute Gasteiger partial charge is 0.344 e. The van der Waals surface area contributed by atoms with Crippen LogP contribution in [0.3, 0.4) is 0 Å². The normalized spacial score (nSPS) is 12.1. The number of nitrogens with one attached hydrogen (secondary N) is 2. The molecule has 2 rings (SSSR count). The molecule has 1 unspecified atom stereocenters. The number of rotatable bonds is 5. The second-order valence-corrected chi connectivity index (χ2v) is 7.28. The first-order valence-corrected chi connectivity index (χ1v) is 8.90. The maximum Gasteiger partial charge on any atom is 0.248 e. The average molecular weight is 386 g/mol. The van der Waals surface area contributed by atoms with Gasteiger partial charge >= 0.3 is 0 Å². The van der Waals surface area contributed by atoms with Gasteiger partial charge in [0.1, 0.15) is 6.04 Å². The number of aromatic nitrogens is 1. The van der Waals surface area contributed by atoms with E-state index in [-0.39, 0.29) is 17.7 Å². The van der Waals surface area contributed by atoms with Gasteiger partial charge < -0.3 is 10.6 Å². The lowest BCUT2D eigenvalue weighted by Crippen LogP contribution is -2.46. The van der Waals surface area contributed by atoms with E-state index in [1.807, 2.05) is 13.8 Å². The van der Waals surface area contributed by atoms with E-state index in [4.69, 9.17) is 23.2 Å². The Morgan fingerprint density at radius 3 is 2.58 bits per heavy atom. The maximum atomic E-state index is 12.4. The molecule has 1 aromatic carbocycles. The maximum absolute atomic E-state index is 12.4. The number of halogens is 2. The predicted octanol–water partition coefficient (Wildman–Crippen LogP) is 4.22. The molecule has 0 saturated heterocycles. The van der Waals surface area contributed by atoms with Crippen molar-refractivity contribution in [1.29, 1.82) is 0 Å². The first-order valence-electron chi connectivity index (χ1n) is 7.27. The molecule has 1 atom stereocenters. The number of carbonyl (C=O) groups is 2. The summed E-state index contributed by atoms with van der Waals surface area (Å²) < 4.78 is 0. The van der Waals surface area contributed by atoms with E-state index in [1.54, 1.807) is 23.6 Å². The minimum atomic E-state index is -0.621. The molecule has 8 heteroatoms. The van der Waals surface area contributed by atoms with E-state index in [2.05, 4.69) is 15.6 Å². The summed E-state index contributed by atoms with van der Waals surface area (Å²) in [6.45, 7) is 5.10. The van der Waals surface area contributed by atoms with Crippen molar-refractivity contribution >= 4 is 51.5 Å². The third kappa shape index (κ3) is 4.69. The molecule has 2 aromatic rings. The van der Waals surface area contributed by atoms with Crippen LogP contribution in [0.4, 0.5) is 5.13 Å². The van der Waals surface area contributed by atoms with E-state index in [1.165, 1.54) is 18.3 Å². The van der Waals surface area contributed by atoms with Crippen molar-refractivity contribution in [3.05, 3.63) is 33.6 Å². The fraction of sp³-hybridized carbons (Fsp3) is 0.312. The van der Waals surface area contributed by atoms with Crippen LogP contribution in [-0.4, -0.2) is 22.8 Å². The number of amides is 2. The summed E-state index contributed by atoms with van der Waals surface area (Å²) in [7, 11) is 0. The van der Waals surface area contributed by atoms with Crippen molar-refractivity contribution < 1.29 is 9.59 Å². The molecular formula is C16H17Cl2N3O2S. The molecule has 0 fully saturated rings. The number of nitrogens with zero attached hydrogens (tertiary/aromatic N) is 1. The Kier molecular flexibility index (Phi) is 6.21. The Morgan fingerprint density at radius 1 is 1.25 bits per heavy atom. The van der Waals surface area contributed by atoms with Crippen LogP contribution >= 0.6 is 34.5 Å². The first-order chi connectivity index (χ1) is 11.3. The number of carbonyl (C=O) groups excluding carboxylic acids is 2. The molecule has 0 spiro atoms. The highest BCUT2D eigenvalue weighted by atomic mass is 35.5. The lowest BCUT2D eigenvalue weighted by Gasteiger charge is -2.20. The van der Waals surface area contributed by atoms with Gasteiger partial charge in [0.25, 0.3) is 0 Å². The highest BCUT2D eigenvalue weighted by Crippen LogP contribution is 2.32. The number of hydrogen-bond acceptors (Lipinski definition) is 4. The number of thiazole rings is 1. The van der Waals surface area contributed by atoms with E-state index >= 15 is 0 Å². The first kappa shape index (κ1) is 18.7. The lowest BCUT2D eigenvalue weighted by atomic mass is 10.0. The Hall–Kier alpha value is -1.63. The highest BCUT2D eigenvalue weighted by Gasteiger charge is 2.24. The van der Waals surface area contributed by atoms with Crippen LogP contribution < -0.4 is 10.6 Å². The fourth-order valence-corrected chi connectivity index (χ4v) is 3.19. The Morgan fingerprint density at radius 2 is 1.96 bits per heavy atom. The van der Waals surface area contributed by atoms with Crippen LogP contribution in [0, 0.1) is 5.92 Å². The third-order valence-electron chi connectivity index (χ3n) is 3.25. The van der Waals surface area contributed by atoms with Crippen molar-refractivity contribution in [1.82, 2.24) is 10.3 Å². The molecule has 1 heterocycles.